The Kier molecular flexibility index (Phi) is 9.15. The molecule has 5 nitrogen and oxygen atoms in total. The summed E-state index contributed by atoms with van der Waals surface area (Å²) in [6.45, 7) is 6.53. The summed E-state index contributed by atoms with van der Waals surface area (Å²) in [6.07, 6.45) is -3.58. The SMILES string of the molecule is CC(C)(C)C(c1nc(-c2cccc(C(F)(F)F)c2)cn1Cc1ccccc1)[C@@H](C[C@H](F)CN)C(=O)[C@@H]1CCCO1. The highest BCUT2D eigenvalue weighted by Gasteiger charge is 2.44. The number of alkyl halides is 4. The van der Waals surface area contributed by atoms with Crippen molar-refractivity contribution in [3.63, 3.8) is 0 Å². The number of Topliss-reactive ketones (excluding diaryl/α,β-unsaturated/α-hetero) is 1. The molecule has 1 fully saturated rings. The van der Waals surface area contributed by atoms with Crippen molar-refractivity contribution in [2.45, 2.75) is 70.9 Å². The molecular weight excluding hydrogens is 522 g/mol. The third kappa shape index (κ3) is 6.99. The highest BCUT2D eigenvalue weighted by atomic mass is 19.4. The summed E-state index contributed by atoms with van der Waals surface area (Å²) in [5, 5.41) is 0. The number of benzene rings is 2. The molecule has 2 N–H and O–H groups in total. The minimum absolute atomic E-state index is 0.0891. The van der Waals surface area contributed by atoms with Crippen LogP contribution in [0.2, 0.25) is 0 Å². The fourth-order valence-electron chi connectivity index (χ4n) is 5.58. The molecule has 1 saturated heterocycles. The van der Waals surface area contributed by atoms with Gasteiger partial charge < -0.3 is 15.0 Å². The van der Waals surface area contributed by atoms with E-state index in [-0.39, 0.29) is 18.7 Å². The van der Waals surface area contributed by atoms with Gasteiger partial charge in [-0.15, -0.1) is 0 Å². The van der Waals surface area contributed by atoms with Crippen LogP contribution in [0.5, 0.6) is 0 Å². The molecule has 0 saturated carbocycles. The maximum Gasteiger partial charge on any atom is 0.416 e. The predicted molar refractivity (Wildman–Crippen MR) is 146 cm³/mol. The zero-order chi connectivity index (χ0) is 29.1. The van der Waals surface area contributed by atoms with E-state index in [1.165, 1.54) is 6.07 Å². The molecule has 0 radical (unpaired) electrons. The predicted octanol–water partition coefficient (Wildman–Crippen LogP) is 6.80. The van der Waals surface area contributed by atoms with Crippen molar-refractivity contribution >= 4 is 5.78 Å². The molecule has 2 aromatic carbocycles. The molecule has 0 amide bonds. The molecule has 216 valence electrons. The van der Waals surface area contributed by atoms with E-state index in [2.05, 4.69) is 0 Å². The van der Waals surface area contributed by atoms with Crippen LogP contribution in [0.4, 0.5) is 17.6 Å². The number of rotatable bonds is 10. The maximum atomic E-state index is 14.9. The van der Waals surface area contributed by atoms with Crippen LogP contribution in [0.1, 0.15) is 62.9 Å². The van der Waals surface area contributed by atoms with Gasteiger partial charge in [-0.3, -0.25) is 4.79 Å². The Balaban J connectivity index is 1.87. The number of nitrogens with zero attached hydrogens (tertiary/aromatic N) is 2. The minimum Gasteiger partial charge on any atom is -0.370 e. The standard InChI is InChI=1S/C31H37F4N3O2/c1-30(2,3)27(24(16-23(32)17-36)28(39)26-13-8-14-40-26)29-37-25(19-38(29)18-20-9-5-4-6-10-20)21-11-7-12-22(15-21)31(33,34)35/h4-7,9-12,15,19,23-24,26-27H,8,13-14,16-18,36H2,1-3H3/t23-,24+,26-,27?/m0/s1. The summed E-state index contributed by atoms with van der Waals surface area (Å²) in [6, 6.07) is 14.6. The lowest BCUT2D eigenvalue weighted by atomic mass is 9.68. The van der Waals surface area contributed by atoms with E-state index in [0.717, 1.165) is 24.1 Å². The average molecular weight is 560 g/mol. The molecule has 1 aliphatic rings. The Morgan fingerprint density at radius 1 is 1.12 bits per heavy atom. The van der Waals surface area contributed by atoms with Crippen molar-refractivity contribution in [3.8, 4) is 11.3 Å². The number of ketones is 1. The number of aromatic nitrogens is 2. The molecule has 1 aromatic heterocycles. The molecule has 1 aliphatic heterocycles. The molecule has 4 rings (SSSR count). The van der Waals surface area contributed by atoms with Crippen molar-refractivity contribution in [2.75, 3.05) is 13.2 Å². The van der Waals surface area contributed by atoms with Crippen LogP contribution in [0.15, 0.2) is 60.8 Å². The van der Waals surface area contributed by atoms with E-state index >= 15 is 0 Å². The number of ether oxygens (including phenoxy) is 1. The molecule has 2 heterocycles. The number of nitrogens with two attached hydrogens (primary N) is 1. The third-order valence-corrected chi connectivity index (χ3v) is 7.48. The highest BCUT2D eigenvalue weighted by Crippen LogP contribution is 2.45. The molecule has 40 heavy (non-hydrogen) atoms. The van der Waals surface area contributed by atoms with Crippen molar-refractivity contribution < 1.29 is 27.1 Å². The number of hydrogen-bond donors (Lipinski definition) is 1. The van der Waals surface area contributed by atoms with Crippen LogP contribution in [0.3, 0.4) is 0 Å². The largest absolute Gasteiger partial charge is 0.416 e. The second-order valence-corrected chi connectivity index (χ2v) is 11.6. The quantitative estimate of drug-likeness (QED) is 0.278. The first-order valence-corrected chi connectivity index (χ1v) is 13.7. The number of hydrogen-bond acceptors (Lipinski definition) is 4. The Morgan fingerprint density at radius 2 is 1.85 bits per heavy atom. The van der Waals surface area contributed by atoms with Crippen LogP contribution in [-0.4, -0.2) is 40.8 Å². The molecule has 3 aromatic rings. The summed E-state index contributed by atoms with van der Waals surface area (Å²) < 4.78 is 63.1. The van der Waals surface area contributed by atoms with E-state index in [9.17, 15) is 22.4 Å². The van der Waals surface area contributed by atoms with E-state index in [1.54, 1.807) is 12.3 Å². The Hall–Kier alpha value is -3.04. The Morgan fingerprint density at radius 3 is 2.45 bits per heavy atom. The van der Waals surface area contributed by atoms with Crippen molar-refractivity contribution in [3.05, 3.63) is 77.7 Å². The molecule has 0 aliphatic carbocycles. The first kappa shape index (κ1) is 29.9. The lowest BCUT2D eigenvalue weighted by Gasteiger charge is -2.37. The van der Waals surface area contributed by atoms with Gasteiger partial charge in [-0.2, -0.15) is 13.2 Å². The lowest BCUT2D eigenvalue weighted by molar-refractivity contribution is -0.137. The maximum absolute atomic E-state index is 14.9. The average Bonchev–Trinajstić information content (AvgIpc) is 3.58. The van der Waals surface area contributed by atoms with E-state index in [0.29, 0.717) is 36.7 Å². The topological polar surface area (TPSA) is 70.1 Å². The summed E-state index contributed by atoms with van der Waals surface area (Å²) in [5.74, 6) is -1.00. The van der Waals surface area contributed by atoms with Crippen molar-refractivity contribution in [1.29, 1.82) is 0 Å². The molecule has 1 unspecified atom stereocenters. The van der Waals surface area contributed by atoms with Gasteiger partial charge in [-0.05, 0) is 42.4 Å². The molecular formula is C31H37F4N3O2. The fraction of sp³-hybridized carbons (Fsp3) is 0.484. The zero-order valence-corrected chi connectivity index (χ0v) is 23.1. The van der Waals surface area contributed by atoms with Crippen LogP contribution < -0.4 is 5.73 Å². The van der Waals surface area contributed by atoms with Crippen LogP contribution in [-0.2, 0) is 22.3 Å². The first-order chi connectivity index (χ1) is 18.9. The van der Waals surface area contributed by atoms with Gasteiger partial charge >= 0.3 is 6.18 Å². The minimum atomic E-state index is -4.50. The fourth-order valence-corrected chi connectivity index (χ4v) is 5.58. The summed E-state index contributed by atoms with van der Waals surface area (Å²) in [4.78, 5) is 18.7. The van der Waals surface area contributed by atoms with Crippen molar-refractivity contribution in [1.82, 2.24) is 9.55 Å². The molecule has 0 bridgehead atoms. The second kappa shape index (κ2) is 12.2. The summed E-state index contributed by atoms with van der Waals surface area (Å²) in [7, 11) is 0. The smallest absolute Gasteiger partial charge is 0.370 e. The third-order valence-electron chi connectivity index (χ3n) is 7.48. The molecule has 0 spiro atoms. The van der Waals surface area contributed by atoms with E-state index < -0.39 is 41.3 Å². The summed E-state index contributed by atoms with van der Waals surface area (Å²) in [5.41, 5.74) is 5.94. The van der Waals surface area contributed by atoms with Gasteiger partial charge in [0.1, 0.15) is 18.1 Å². The zero-order valence-electron chi connectivity index (χ0n) is 23.1. The van der Waals surface area contributed by atoms with Gasteiger partial charge in [-0.25, -0.2) is 9.37 Å². The first-order valence-electron chi connectivity index (χ1n) is 13.7. The van der Waals surface area contributed by atoms with Crippen LogP contribution >= 0.6 is 0 Å². The Labute approximate surface area is 232 Å². The highest BCUT2D eigenvalue weighted by molar-refractivity contribution is 5.86. The van der Waals surface area contributed by atoms with Gasteiger partial charge in [0.2, 0.25) is 0 Å². The number of carbonyl (C=O) groups excluding carboxylic acids is 1. The van der Waals surface area contributed by atoms with Crippen LogP contribution in [0.25, 0.3) is 11.3 Å². The van der Waals surface area contributed by atoms with Gasteiger partial charge in [-0.1, -0.05) is 63.2 Å². The monoisotopic (exact) mass is 559 g/mol. The van der Waals surface area contributed by atoms with Gasteiger partial charge in [0.15, 0.2) is 5.78 Å². The second-order valence-electron chi connectivity index (χ2n) is 11.6. The number of imidazole rings is 1. The van der Waals surface area contributed by atoms with Gasteiger partial charge in [0.25, 0.3) is 0 Å². The van der Waals surface area contributed by atoms with E-state index in [1.807, 2.05) is 55.7 Å². The number of halogens is 4. The molecule has 4 atom stereocenters. The normalized spacial score (nSPS) is 18.4. The van der Waals surface area contributed by atoms with E-state index in [4.69, 9.17) is 15.5 Å². The summed E-state index contributed by atoms with van der Waals surface area (Å²) >= 11 is 0. The van der Waals surface area contributed by atoms with Crippen LogP contribution in [0, 0.1) is 11.3 Å². The van der Waals surface area contributed by atoms with Gasteiger partial charge in [0, 0.05) is 43.3 Å². The number of carbonyl (C=O) groups is 1. The Bertz CT molecular complexity index is 1280. The van der Waals surface area contributed by atoms with Gasteiger partial charge in [0.05, 0.1) is 11.3 Å². The van der Waals surface area contributed by atoms with Crippen molar-refractivity contribution in [2.24, 2.45) is 17.1 Å². The molecule has 9 heteroatoms. The lowest BCUT2D eigenvalue weighted by Crippen LogP contribution is -2.40.